The fourth-order valence-electron chi connectivity index (χ4n) is 5.06. The Labute approximate surface area is 234 Å². The number of hydrogen-bond acceptors (Lipinski definition) is 6. The number of hydrogen-bond donors (Lipinski definition) is 1. The standard InChI is InChI=1S/C31H27BrFNO5/c1-4-37-24-15-19(14-22(32)30(24)39-16-18-10-6-9-13-23(18)33)26-25(31(36)38-5-2)17(3)34-28-20-11-7-8-12-21(20)29(35)27(26)28/h6-15,26,34H,4-5,16H2,1-3H3/t26-/m1/s1. The van der Waals surface area contributed by atoms with Gasteiger partial charge in [-0.3, -0.25) is 4.79 Å². The van der Waals surface area contributed by atoms with E-state index in [1.54, 1.807) is 44.2 Å². The number of rotatable bonds is 8. The van der Waals surface area contributed by atoms with Gasteiger partial charge in [0.2, 0.25) is 0 Å². The maximum atomic E-state index is 14.2. The molecule has 1 heterocycles. The molecule has 200 valence electrons. The Kier molecular flexibility index (Phi) is 7.57. The Hall–Kier alpha value is -3.91. The molecule has 8 heteroatoms. The van der Waals surface area contributed by atoms with Gasteiger partial charge in [0.05, 0.1) is 29.0 Å². The first-order chi connectivity index (χ1) is 18.8. The molecule has 2 aliphatic rings. The highest BCUT2D eigenvalue weighted by atomic mass is 79.9. The van der Waals surface area contributed by atoms with Crippen LogP contribution in [0.5, 0.6) is 11.5 Å². The van der Waals surface area contributed by atoms with Crippen LogP contribution >= 0.6 is 15.9 Å². The van der Waals surface area contributed by atoms with Crippen LogP contribution in [0.1, 0.15) is 53.7 Å². The Morgan fingerprint density at radius 1 is 1.00 bits per heavy atom. The summed E-state index contributed by atoms with van der Waals surface area (Å²) in [6, 6.07) is 17.4. The molecule has 0 unspecified atom stereocenters. The van der Waals surface area contributed by atoms with Gasteiger partial charge in [-0.2, -0.15) is 0 Å². The number of dihydropyridines is 1. The number of esters is 1. The number of halogens is 2. The van der Waals surface area contributed by atoms with Crippen LogP contribution in [0.3, 0.4) is 0 Å². The smallest absolute Gasteiger partial charge is 0.336 e. The number of allylic oxidation sites excluding steroid dienone is 2. The summed E-state index contributed by atoms with van der Waals surface area (Å²) in [6.07, 6.45) is 0. The van der Waals surface area contributed by atoms with E-state index in [2.05, 4.69) is 21.2 Å². The van der Waals surface area contributed by atoms with Gasteiger partial charge in [0, 0.05) is 33.9 Å². The van der Waals surface area contributed by atoms with E-state index in [9.17, 15) is 14.0 Å². The van der Waals surface area contributed by atoms with E-state index in [0.717, 1.165) is 5.56 Å². The molecular formula is C31H27BrFNO5. The molecule has 0 saturated heterocycles. The quantitative estimate of drug-likeness (QED) is 0.294. The number of carbonyl (C=O) groups excluding carboxylic acids is 2. The van der Waals surface area contributed by atoms with Gasteiger partial charge in [0.1, 0.15) is 12.4 Å². The average Bonchev–Trinajstić information content (AvgIpc) is 3.20. The number of ketones is 1. The van der Waals surface area contributed by atoms with Gasteiger partial charge in [0.15, 0.2) is 17.3 Å². The van der Waals surface area contributed by atoms with Crippen molar-refractivity contribution in [3.8, 4) is 11.5 Å². The highest BCUT2D eigenvalue weighted by Crippen LogP contribution is 2.49. The van der Waals surface area contributed by atoms with Crippen LogP contribution in [0, 0.1) is 5.82 Å². The van der Waals surface area contributed by atoms with Crippen LogP contribution in [0.25, 0.3) is 5.70 Å². The van der Waals surface area contributed by atoms with Crippen molar-refractivity contribution in [2.45, 2.75) is 33.3 Å². The van der Waals surface area contributed by atoms with Crippen LogP contribution in [-0.4, -0.2) is 25.0 Å². The highest BCUT2D eigenvalue weighted by molar-refractivity contribution is 9.10. The second-order valence-electron chi connectivity index (χ2n) is 9.12. The first-order valence-corrected chi connectivity index (χ1v) is 13.5. The maximum absolute atomic E-state index is 14.2. The summed E-state index contributed by atoms with van der Waals surface area (Å²) in [6.45, 7) is 5.92. The Balaban J connectivity index is 1.63. The van der Waals surface area contributed by atoms with Gasteiger partial charge in [-0.05, 0) is 60.5 Å². The monoisotopic (exact) mass is 591 g/mol. The second-order valence-corrected chi connectivity index (χ2v) is 9.98. The average molecular weight is 592 g/mol. The van der Waals surface area contributed by atoms with Crippen molar-refractivity contribution in [1.29, 1.82) is 0 Å². The Morgan fingerprint density at radius 2 is 1.72 bits per heavy atom. The topological polar surface area (TPSA) is 73.9 Å². The van der Waals surface area contributed by atoms with Crippen molar-refractivity contribution in [1.82, 2.24) is 5.32 Å². The summed E-state index contributed by atoms with van der Waals surface area (Å²) in [4.78, 5) is 27.0. The molecular weight excluding hydrogens is 565 g/mol. The van der Waals surface area contributed by atoms with Crippen LogP contribution in [0.2, 0.25) is 0 Å². The lowest BCUT2D eigenvalue weighted by Gasteiger charge is -2.30. The van der Waals surface area contributed by atoms with E-state index < -0.39 is 11.9 Å². The van der Waals surface area contributed by atoms with Crippen molar-refractivity contribution in [3.63, 3.8) is 0 Å². The van der Waals surface area contributed by atoms with E-state index in [0.29, 0.717) is 61.8 Å². The van der Waals surface area contributed by atoms with E-state index in [1.807, 2.05) is 31.2 Å². The van der Waals surface area contributed by atoms with Crippen LogP contribution < -0.4 is 14.8 Å². The van der Waals surface area contributed by atoms with Crippen molar-refractivity contribution in [3.05, 3.63) is 110 Å². The number of nitrogens with one attached hydrogen (secondary N) is 1. The lowest BCUT2D eigenvalue weighted by atomic mass is 9.79. The predicted molar refractivity (Wildman–Crippen MR) is 149 cm³/mol. The molecule has 0 bridgehead atoms. The minimum absolute atomic E-state index is 0.00573. The van der Waals surface area contributed by atoms with Crippen molar-refractivity contribution in [2.75, 3.05) is 13.2 Å². The van der Waals surface area contributed by atoms with Gasteiger partial charge >= 0.3 is 5.97 Å². The highest BCUT2D eigenvalue weighted by Gasteiger charge is 2.43. The zero-order chi connectivity index (χ0) is 27.7. The fourth-order valence-corrected chi connectivity index (χ4v) is 5.64. The molecule has 5 rings (SSSR count). The summed E-state index contributed by atoms with van der Waals surface area (Å²) in [5, 5.41) is 3.30. The van der Waals surface area contributed by atoms with Crippen molar-refractivity contribution < 1.29 is 28.2 Å². The number of Topliss-reactive ketones (excluding diaryl/α,β-unsaturated/α-hetero) is 1. The van der Waals surface area contributed by atoms with E-state index in [-0.39, 0.29) is 24.8 Å². The molecule has 3 aromatic rings. The van der Waals surface area contributed by atoms with Gasteiger partial charge in [0.25, 0.3) is 0 Å². The third kappa shape index (κ3) is 4.85. The van der Waals surface area contributed by atoms with E-state index in [1.165, 1.54) is 6.07 Å². The molecule has 0 aromatic heterocycles. The lowest BCUT2D eigenvalue weighted by Crippen LogP contribution is -2.29. The first kappa shape index (κ1) is 26.7. The van der Waals surface area contributed by atoms with Crippen molar-refractivity contribution in [2.24, 2.45) is 0 Å². The zero-order valence-electron chi connectivity index (χ0n) is 21.8. The molecule has 0 spiro atoms. The number of fused-ring (bicyclic) bond motifs is 2. The summed E-state index contributed by atoms with van der Waals surface area (Å²) < 4.78 is 32.1. The van der Waals surface area contributed by atoms with Crippen molar-refractivity contribution >= 4 is 33.4 Å². The second kappa shape index (κ2) is 11.1. The summed E-state index contributed by atoms with van der Waals surface area (Å²) >= 11 is 3.60. The van der Waals surface area contributed by atoms with Gasteiger partial charge in [-0.1, -0.05) is 42.5 Å². The fraction of sp³-hybridized carbons (Fsp3) is 0.226. The molecule has 3 aromatic carbocycles. The van der Waals surface area contributed by atoms with Crippen LogP contribution in [-0.2, 0) is 16.1 Å². The molecule has 6 nitrogen and oxygen atoms in total. The SMILES string of the molecule is CCOC(=O)C1=C(C)NC2=C(C(=O)c3ccccc32)[C@@H]1c1cc(Br)c(OCc2ccccc2F)c(OCC)c1. The van der Waals surface area contributed by atoms with Crippen LogP contribution in [0.15, 0.2) is 82.0 Å². The normalized spacial score (nSPS) is 16.0. The zero-order valence-corrected chi connectivity index (χ0v) is 23.4. The Bertz CT molecular complexity index is 1540. The van der Waals surface area contributed by atoms with Crippen LogP contribution in [0.4, 0.5) is 4.39 Å². The first-order valence-electron chi connectivity index (χ1n) is 12.7. The molecule has 1 atom stereocenters. The van der Waals surface area contributed by atoms with Gasteiger partial charge in [-0.15, -0.1) is 0 Å². The van der Waals surface area contributed by atoms with E-state index in [4.69, 9.17) is 14.2 Å². The Morgan fingerprint density at radius 3 is 2.44 bits per heavy atom. The minimum Gasteiger partial charge on any atom is -0.490 e. The summed E-state index contributed by atoms with van der Waals surface area (Å²) in [7, 11) is 0. The molecule has 39 heavy (non-hydrogen) atoms. The largest absolute Gasteiger partial charge is 0.490 e. The minimum atomic E-state index is -0.712. The third-order valence-electron chi connectivity index (χ3n) is 6.74. The molecule has 0 amide bonds. The summed E-state index contributed by atoms with van der Waals surface area (Å²) in [5.74, 6) is -0.931. The molecule has 1 aliphatic heterocycles. The van der Waals surface area contributed by atoms with Gasteiger partial charge < -0.3 is 19.5 Å². The molecule has 0 saturated carbocycles. The summed E-state index contributed by atoms with van der Waals surface area (Å²) in [5.41, 5.74) is 4.54. The number of ether oxygens (including phenoxy) is 3. The molecule has 0 fully saturated rings. The van der Waals surface area contributed by atoms with E-state index >= 15 is 0 Å². The third-order valence-corrected chi connectivity index (χ3v) is 7.33. The molecule has 1 N–H and O–H groups in total. The maximum Gasteiger partial charge on any atom is 0.336 e. The molecule has 1 aliphatic carbocycles. The van der Waals surface area contributed by atoms with Gasteiger partial charge in [-0.25, -0.2) is 9.18 Å². The predicted octanol–water partition coefficient (Wildman–Crippen LogP) is 6.70. The number of benzene rings is 3. The molecule has 0 radical (unpaired) electrons. The number of carbonyl (C=O) groups is 2. The lowest BCUT2D eigenvalue weighted by molar-refractivity contribution is -0.138.